The van der Waals surface area contributed by atoms with E-state index in [-0.39, 0.29) is 0 Å². The Hall–Kier alpha value is -0.490. The zero-order chi connectivity index (χ0) is 14.0. The van der Waals surface area contributed by atoms with Gasteiger partial charge in [0.2, 0.25) is 0 Å². The predicted molar refractivity (Wildman–Crippen MR) is 88.9 cm³/mol. The topological polar surface area (TPSA) is 37.0 Å². The molecule has 0 radical (unpaired) electrons. The number of hydrogen-bond acceptors (Lipinski definition) is 3. The van der Waals surface area contributed by atoms with Crippen LogP contribution in [0.15, 0.2) is 33.2 Å². The van der Waals surface area contributed by atoms with Gasteiger partial charge < -0.3 is 10.6 Å². The van der Waals surface area contributed by atoms with E-state index < -0.39 is 0 Å². The number of anilines is 3. The highest BCUT2D eigenvalue weighted by molar-refractivity contribution is 9.11. The lowest BCUT2D eigenvalue weighted by molar-refractivity contribution is 1.27. The van der Waals surface area contributed by atoms with Gasteiger partial charge in [-0.15, -0.1) is 0 Å². The molecule has 7 heteroatoms. The maximum Gasteiger partial charge on any atom is 0.151 e. The van der Waals surface area contributed by atoms with Gasteiger partial charge in [0.1, 0.15) is 5.82 Å². The van der Waals surface area contributed by atoms with Gasteiger partial charge in [-0.3, -0.25) is 0 Å². The third-order valence-electron chi connectivity index (χ3n) is 2.35. The van der Waals surface area contributed by atoms with Crippen LogP contribution in [0.25, 0.3) is 0 Å². The largest absolute Gasteiger partial charge is 0.372 e. The molecule has 0 aliphatic heterocycles. The first-order valence-corrected chi connectivity index (χ1v) is 7.61. The summed E-state index contributed by atoms with van der Waals surface area (Å²) in [7, 11) is 1.75. The number of nitrogens with one attached hydrogen (secondary N) is 2. The van der Waals surface area contributed by atoms with E-state index in [1.165, 1.54) is 0 Å². The minimum Gasteiger partial charge on any atom is -0.372 e. The molecular formula is C12H9Br2Cl2N3. The Morgan fingerprint density at radius 1 is 1.05 bits per heavy atom. The molecule has 0 saturated carbocycles. The summed E-state index contributed by atoms with van der Waals surface area (Å²) < 4.78 is 1.87. The number of rotatable bonds is 3. The lowest BCUT2D eigenvalue weighted by atomic mass is 10.3. The van der Waals surface area contributed by atoms with Crippen LogP contribution in [0.2, 0.25) is 10.0 Å². The SMILES string of the molecule is CNc1nc(Nc2cc(Br)ccc2Br)c(Cl)cc1Cl. The summed E-state index contributed by atoms with van der Waals surface area (Å²) in [5, 5.41) is 7.01. The summed E-state index contributed by atoms with van der Waals surface area (Å²) >= 11 is 19.0. The first-order valence-electron chi connectivity index (χ1n) is 5.27. The van der Waals surface area contributed by atoms with Crippen LogP contribution in [0.4, 0.5) is 17.3 Å². The summed E-state index contributed by atoms with van der Waals surface area (Å²) in [5.41, 5.74) is 0.855. The van der Waals surface area contributed by atoms with Crippen molar-refractivity contribution in [2.45, 2.75) is 0 Å². The van der Waals surface area contributed by atoms with Gasteiger partial charge in [0.15, 0.2) is 5.82 Å². The molecule has 1 aromatic carbocycles. The Morgan fingerprint density at radius 2 is 1.74 bits per heavy atom. The van der Waals surface area contributed by atoms with Gasteiger partial charge >= 0.3 is 0 Å². The number of nitrogens with zero attached hydrogens (tertiary/aromatic N) is 1. The van der Waals surface area contributed by atoms with Crippen molar-refractivity contribution in [3.05, 3.63) is 43.3 Å². The number of pyridine rings is 1. The summed E-state index contributed by atoms with van der Waals surface area (Å²) in [6, 6.07) is 7.44. The zero-order valence-electron chi connectivity index (χ0n) is 9.77. The van der Waals surface area contributed by atoms with Gasteiger partial charge in [-0.1, -0.05) is 39.1 Å². The number of halogens is 4. The second kappa shape index (κ2) is 6.31. The zero-order valence-corrected chi connectivity index (χ0v) is 14.5. The van der Waals surface area contributed by atoms with E-state index in [0.717, 1.165) is 14.6 Å². The molecule has 1 heterocycles. The van der Waals surface area contributed by atoms with E-state index in [4.69, 9.17) is 23.2 Å². The van der Waals surface area contributed by atoms with E-state index >= 15 is 0 Å². The van der Waals surface area contributed by atoms with Crippen LogP contribution >= 0.6 is 55.1 Å². The number of benzene rings is 1. The number of hydrogen-bond donors (Lipinski definition) is 2. The maximum absolute atomic E-state index is 6.14. The Kier molecular flexibility index (Phi) is 4.95. The van der Waals surface area contributed by atoms with Crippen LogP contribution < -0.4 is 10.6 Å². The summed E-state index contributed by atoms with van der Waals surface area (Å²) in [4.78, 5) is 4.33. The fourth-order valence-corrected chi connectivity index (χ4v) is 2.66. The average molecular weight is 426 g/mol. The molecule has 2 N–H and O–H groups in total. The van der Waals surface area contributed by atoms with Crippen molar-refractivity contribution in [2.75, 3.05) is 17.7 Å². The normalized spacial score (nSPS) is 10.4. The second-order valence-electron chi connectivity index (χ2n) is 3.65. The van der Waals surface area contributed by atoms with Crippen molar-refractivity contribution in [3.63, 3.8) is 0 Å². The molecule has 0 saturated heterocycles. The van der Waals surface area contributed by atoms with Crippen molar-refractivity contribution in [1.29, 1.82) is 0 Å². The van der Waals surface area contributed by atoms with E-state index in [2.05, 4.69) is 47.5 Å². The van der Waals surface area contributed by atoms with Crippen molar-refractivity contribution in [1.82, 2.24) is 4.98 Å². The van der Waals surface area contributed by atoms with Crippen LogP contribution in [0.3, 0.4) is 0 Å². The molecule has 0 aliphatic rings. The predicted octanol–water partition coefficient (Wildman–Crippen LogP) is 5.70. The molecule has 1 aromatic heterocycles. The van der Waals surface area contributed by atoms with Gasteiger partial charge in [-0.2, -0.15) is 0 Å². The lowest BCUT2D eigenvalue weighted by Crippen LogP contribution is -2.00. The fraction of sp³-hybridized carbons (Fsp3) is 0.0833. The minimum absolute atomic E-state index is 0.455. The van der Waals surface area contributed by atoms with Crippen LogP contribution in [-0.4, -0.2) is 12.0 Å². The monoisotopic (exact) mass is 423 g/mol. The first-order chi connectivity index (χ1) is 9.01. The molecule has 0 atom stereocenters. The van der Waals surface area contributed by atoms with E-state index in [0.29, 0.717) is 21.7 Å². The molecule has 2 aromatic rings. The van der Waals surface area contributed by atoms with Gasteiger partial charge in [0.25, 0.3) is 0 Å². The highest BCUT2D eigenvalue weighted by Crippen LogP contribution is 2.34. The van der Waals surface area contributed by atoms with E-state index in [9.17, 15) is 0 Å². The van der Waals surface area contributed by atoms with Crippen molar-refractivity contribution in [3.8, 4) is 0 Å². The summed E-state index contributed by atoms with van der Waals surface area (Å²) in [5.74, 6) is 1.11. The van der Waals surface area contributed by atoms with E-state index in [1.54, 1.807) is 13.1 Å². The molecule has 0 bridgehead atoms. The number of aromatic nitrogens is 1. The molecule has 0 unspecified atom stereocenters. The Labute approximate surface area is 138 Å². The second-order valence-corrected chi connectivity index (χ2v) is 6.23. The Morgan fingerprint density at radius 3 is 2.42 bits per heavy atom. The summed E-state index contributed by atoms with van der Waals surface area (Å²) in [6.07, 6.45) is 0. The van der Waals surface area contributed by atoms with Gasteiger partial charge in [-0.05, 0) is 40.2 Å². The quantitative estimate of drug-likeness (QED) is 0.662. The summed E-state index contributed by atoms with van der Waals surface area (Å²) in [6.45, 7) is 0. The Balaban J connectivity index is 2.40. The molecule has 0 spiro atoms. The molecule has 2 rings (SSSR count). The van der Waals surface area contributed by atoms with Crippen LogP contribution in [0, 0.1) is 0 Å². The van der Waals surface area contributed by atoms with Crippen LogP contribution in [-0.2, 0) is 0 Å². The van der Waals surface area contributed by atoms with Crippen molar-refractivity contribution >= 4 is 72.4 Å². The molecule has 0 fully saturated rings. The molecule has 19 heavy (non-hydrogen) atoms. The molecule has 0 aliphatic carbocycles. The van der Waals surface area contributed by atoms with Gasteiger partial charge in [0.05, 0.1) is 15.7 Å². The third-order valence-corrected chi connectivity index (χ3v) is 4.11. The van der Waals surface area contributed by atoms with Crippen molar-refractivity contribution in [2.24, 2.45) is 0 Å². The lowest BCUT2D eigenvalue weighted by Gasteiger charge is -2.12. The van der Waals surface area contributed by atoms with Gasteiger partial charge in [-0.25, -0.2) is 4.98 Å². The standard InChI is InChI=1S/C12H9Br2Cl2N3/c1-17-11-8(15)5-9(16)12(19-11)18-10-4-6(13)2-3-7(10)14/h2-5H,1H3,(H2,17,18,19). The smallest absolute Gasteiger partial charge is 0.151 e. The van der Waals surface area contributed by atoms with E-state index in [1.807, 2.05) is 18.2 Å². The minimum atomic E-state index is 0.455. The fourth-order valence-electron chi connectivity index (χ4n) is 1.45. The maximum atomic E-state index is 6.14. The average Bonchev–Trinajstić information content (AvgIpc) is 2.37. The highest BCUT2D eigenvalue weighted by atomic mass is 79.9. The molecule has 3 nitrogen and oxygen atoms in total. The highest BCUT2D eigenvalue weighted by Gasteiger charge is 2.10. The van der Waals surface area contributed by atoms with Crippen molar-refractivity contribution < 1.29 is 0 Å². The van der Waals surface area contributed by atoms with Crippen LogP contribution in [0.1, 0.15) is 0 Å². The third kappa shape index (κ3) is 3.54. The molecule has 100 valence electrons. The van der Waals surface area contributed by atoms with Gasteiger partial charge in [0, 0.05) is 16.0 Å². The molecular weight excluding hydrogens is 417 g/mol. The molecule has 0 amide bonds. The first kappa shape index (κ1) is 14.9. The Bertz CT molecular complexity index is 620. The van der Waals surface area contributed by atoms with Crippen LogP contribution in [0.5, 0.6) is 0 Å².